The zero-order valence-corrected chi connectivity index (χ0v) is 14.7. The van der Waals surface area contributed by atoms with Crippen molar-refractivity contribution in [1.82, 2.24) is 10.2 Å². The number of rotatable bonds is 6. The highest BCUT2D eigenvalue weighted by molar-refractivity contribution is 5.86. The molecule has 0 aliphatic carbocycles. The third-order valence-corrected chi connectivity index (χ3v) is 4.72. The summed E-state index contributed by atoms with van der Waals surface area (Å²) in [6.07, 6.45) is 0.917. The van der Waals surface area contributed by atoms with Crippen molar-refractivity contribution >= 4 is 5.91 Å². The van der Waals surface area contributed by atoms with Crippen LogP contribution in [0.3, 0.4) is 0 Å². The van der Waals surface area contributed by atoms with Crippen molar-refractivity contribution in [3.8, 4) is 0 Å². The van der Waals surface area contributed by atoms with Crippen molar-refractivity contribution in [2.24, 2.45) is 0 Å². The van der Waals surface area contributed by atoms with Crippen molar-refractivity contribution < 1.29 is 23.1 Å². The van der Waals surface area contributed by atoms with Crippen LogP contribution in [0.1, 0.15) is 24.0 Å². The maximum atomic E-state index is 13.4. The second kappa shape index (κ2) is 8.10. The highest BCUT2D eigenvalue weighted by atomic mass is 19.2. The number of benzene rings is 2. The number of carbonyl (C=O) groups excluding carboxylic acids is 1. The summed E-state index contributed by atoms with van der Waals surface area (Å²) in [4.78, 5) is 14.2. The minimum Gasteiger partial charge on any atom is -0.379 e. The van der Waals surface area contributed by atoms with Gasteiger partial charge in [0.2, 0.25) is 0 Å². The molecule has 0 aromatic heterocycles. The molecule has 0 radical (unpaired) electrons. The molecule has 144 valence electrons. The predicted octanol–water partition coefficient (Wildman–Crippen LogP) is 2.75. The fourth-order valence-corrected chi connectivity index (χ4v) is 3.25. The molecular weight excluding hydrogens is 357 g/mol. The molecule has 3 rings (SSSR count). The van der Waals surface area contributed by atoms with E-state index in [0.717, 1.165) is 17.7 Å². The van der Waals surface area contributed by atoms with E-state index in [1.165, 1.54) is 23.1 Å². The number of carbonyl (C=O) groups is 1. The number of hydrogen-bond donors (Lipinski definition) is 2. The maximum absolute atomic E-state index is 13.4. The average Bonchev–Trinajstić information content (AvgIpc) is 2.64. The zero-order chi connectivity index (χ0) is 19.4. The van der Waals surface area contributed by atoms with Crippen molar-refractivity contribution in [2.75, 3.05) is 13.1 Å². The molecule has 4 nitrogen and oxygen atoms in total. The summed E-state index contributed by atoms with van der Waals surface area (Å²) in [7, 11) is 0. The van der Waals surface area contributed by atoms with E-state index in [1.54, 1.807) is 12.1 Å². The Morgan fingerprint density at radius 3 is 2.44 bits per heavy atom. The predicted molar refractivity (Wildman–Crippen MR) is 94.1 cm³/mol. The van der Waals surface area contributed by atoms with Crippen LogP contribution in [0.4, 0.5) is 13.2 Å². The Hall–Kier alpha value is -2.38. The summed E-state index contributed by atoms with van der Waals surface area (Å²) in [5.74, 6) is -2.67. The second-order valence-corrected chi connectivity index (χ2v) is 6.84. The van der Waals surface area contributed by atoms with E-state index in [0.29, 0.717) is 31.5 Å². The summed E-state index contributed by atoms with van der Waals surface area (Å²) in [5.41, 5.74) is -0.260. The average molecular weight is 378 g/mol. The normalized spacial score (nSPS) is 20.1. The SMILES string of the molecule is O=C1N(Cc2ccc(F)c(F)c2)CCC[C@]1(O)CNCc1ccc(F)cc1. The van der Waals surface area contributed by atoms with Gasteiger partial charge in [-0.2, -0.15) is 0 Å². The Bertz CT molecular complexity index is 813. The van der Waals surface area contributed by atoms with E-state index in [9.17, 15) is 23.1 Å². The van der Waals surface area contributed by atoms with Crippen molar-refractivity contribution in [2.45, 2.75) is 31.5 Å². The van der Waals surface area contributed by atoms with Gasteiger partial charge in [-0.1, -0.05) is 18.2 Å². The Labute approximate surface area is 155 Å². The van der Waals surface area contributed by atoms with Gasteiger partial charge in [-0.3, -0.25) is 4.79 Å². The van der Waals surface area contributed by atoms with Crippen LogP contribution < -0.4 is 5.32 Å². The molecule has 0 unspecified atom stereocenters. The van der Waals surface area contributed by atoms with Gasteiger partial charge in [-0.05, 0) is 48.2 Å². The molecule has 2 aromatic rings. The molecule has 1 amide bonds. The summed E-state index contributed by atoms with van der Waals surface area (Å²) in [6.45, 7) is 0.991. The molecule has 2 aromatic carbocycles. The number of aliphatic hydroxyl groups is 1. The Kier molecular flexibility index (Phi) is 5.82. The first-order chi connectivity index (χ1) is 12.9. The van der Waals surface area contributed by atoms with Crippen LogP contribution in [-0.2, 0) is 17.9 Å². The Balaban J connectivity index is 1.60. The maximum Gasteiger partial charge on any atom is 0.256 e. The first kappa shape index (κ1) is 19.4. The number of nitrogens with zero attached hydrogens (tertiary/aromatic N) is 1. The number of piperidine rings is 1. The summed E-state index contributed by atoms with van der Waals surface area (Å²) >= 11 is 0. The van der Waals surface area contributed by atoms with Crippen molar-refractivity contribution in [3.63, 3.8) is 0 Å². The summed E-state index contributed by atoms with van der Waals surface area (Å²) < 4.78 is 39.4. The van der Waals surface area contributed by atoms with Gasteiger partial charge in [0, 0.05) is 26.2 Å². The lowest BCUT2D eigenvalue weighted by Gasteiger charge is -2.38. The van der Waals surface area contributed by atoms with Gasteiger partial charge in [0.15, 0.2) is 17.2 Å². The quantitative estimate of drug-likeness (QED) is 0.813. The molecule has 1 aliphatic heterocycles. The molecule has 2 N–H and O–H groups in total. The van der Waals surface area contributed by atoms with E-state index < -0.39 is 23.1 Å². The largest absolute Gasteiger partial charge is 0.379 e. The van der Waals surface area contributed by atoms with E-state index in [4.69, 9.17) is 0 Å². The van der Waals surface area contributed by atoms with Crippen LogP contribution in [0.15, 0.2) is 42.5 Å². The van der Waals surface area contributed by atoms with E-state index in [1.807, 2.05) is 0 Å². The Morgan fingerprint density at radius 1 is 1.04 bits per heavy atom. The van der Waals surface area contributed by atoms with Crippen molar-refractivity contribution in [3.05, 3.63) is 71.0 Å². The highest BCUT2D eigenvalue weighted by Crippen LogP contribution is 2.24. The zero-order valence-electron chi connectivity index (χ0n) is 14.7. The van der Waals surface area contributed by atoms with E-state index >= 15 is 0 Å². The summed E-state index contributed by atoms with van der Waals surface area (Å²) in [6, 6.07) is 9.46. The fourth-order valence-electron chi connectivity index (χ4n) is 3.25. The molecule has 7 heteroatoms. The lowest BCUT2D eigenvalue weighted by Crippen LogP contribution is -2.57. The van der Waals surface area contributed by atoms with Crippen LogP contribution in [0.25, 0.3) is 0 Å². The lowest BCUT2D eigenvalue weighted by atomic mass is 9.91. The van der Waals surface area contributed by atoms with Crippen LogP contribution in [0, 0.1) is 17.5 Å². The number of amides is 1. The van der Waals surface area contributed by atoms with Gasteiger partial charge in [0.1, 0.15) is 5.82 Å². The topological polar surface area (TPSA) is 52.6 Å². The molecule has 27 heavy (non-hydrogen) atoms. The molecule has 1 aliphatic rings. The molecule has 0 bridgehead atoms. The number of nitrogens with one attached hydrogen (secondary N) is 1. The van der Waals surface area contributed by atoms with Crippen LogP contribution in [-0.4, -0.2) is 34.6 Å². The van der Waals surface area contributed by atoms with Gasteiger partial charge in [-0.15, -0.1) is 0 Å². The van der Waals surface area contributed by atoms with E-state index in [-0.39, 0.29) is 18.9 Å². The molecule has 1 fully saturated rings. The second-order valence-electron chi connectivity index (χ2n) is 6.84. The molecule has 1 heterocycles. The first-order valence-corrected chi connectivity index (χ1v) is 8.78. The smallest absolute Gasteiger partial charge is 0.256 e. The number of likely N-dealkylation sites (tertiary alicyclic amines) is 1. The minimum atomic E-state index is -1.56. The minimum absolute atomic E-state index is 0.0531. The van der Waals surface area contributed by atoms with Crippen LogP contribution in [0.2, 0.25) is 0 Å². The number of hydrogen-bond acceptors (Lipinski definition) is 3. The third kappa shape index (κ3) is 4.67. The number of halogens is 3. The van der Waals surface area contributed by atoms with Gasteiger partial charge in [0.05, 0.1) is 0 Å². The van der Waals surface area contributed by atoms with E-state index in [2.05, 4.69) is 5.32 Å². The lowest BCUT2D eigenvalue weighted by molar-refractivity contribution is -0.157. The summed E-state index contributed by atoms with van der Waals surface area (Å²) in [5, 5.41) is 13.8. The van der Waals surface area contributed by atoms with Crippen LogP contribution in [0.5, 0.6) is 0 Å². The fraction of sp³-hybridized carbons (Fsp3) is 0.350. The first-order valence-electron chi connectivity index (χ1n) is 8.78. The van der Waals surface area contributed by atoms with Crippen molar-refractivity contribution in [1.29, 1.82) is 0 Å². The van der Waals surface area contributed by atoms with Gasteiger partial charge in [0.25, 0.3) is 5.91 Å². The van der Waals surface area contributed by atoms with Gasteiger partial charge in [-0.25, -0.2) is 13.2 Å². The molecule has 0 saturated carbocycles. The highest BCUT2D eigenvalue weighted by Gasteiger charge is 2.41. The molecule has 1 atom stereocenters. The molecule has 1 saturated heterocycles. The monoisotopic (exact) mass is 378 g/mol. The van der Waals surface area contributed by atoms with Gasteiger partial charge < -0.3 is 15.3 Å². The standard InChI is InChI=1S/C20H21F3N2O2/c21-16-5-2-14(3-6-16)11-24-13-20(27)8-1-9-25(19(20)26)12-15-4-7-17(22)18(23)10-15/h2-7,10,24,27H,1,8-9,11-13H2/t20-/m0/s1. The molecular formula is C20H21F3N2O2. The van der Waals surface area contributed by atoms with Gasteiger partial charge >= 0.3 is 0 Å². The van der Waals surface area contributed by atoms with Crippen LogP contribution >= 0.6 is 0 Å². The molecule has 0 spiro atoms. The third-order valence-electron chi connectivity index (χ3n) is 4.72. The Morgan fingerprint density at radius 2 is 1.74 bits per heavy atom.